The SMILES string of the molecule is CCc1cc(=O)n(CC(=O)NC[C@H]2CCCO2)c(N)n1. The van der Waals surface area contributed by atoms with Gasteiger partial charge in [0.15, 0.2) is 0 Å². The van der Waals surface area contributed by atoms with E-state index in [2.05, 4.69) is 10.3 Å². The molecule has 1 aliphatic rings. The minimum absolute atomic E-state index is 0.0709. The minimum Gasteiger partial charge on any atom is -0.376 e. The molecule has 0 aliphatic carbocycles. The number of nitrogen functional groups attached to an aromatic ring is 1. The number of hydrogen-bond acceptors (Lipinski definition) is 5. The van der Waals surface area contributed by atoms with Gasteiger partial charge in [0.25, 0.3) is 5.56 Å². The minimum atomic E-state index is -0.304. The van der Waals surface area contributed by atoms with Crippen molar-refractivity contribution < 1.29 is 9.53 Å². The third kappa shape index (κ3) is 3.57. The molecule has 0 bridgehead atoms. The third-order valence-electron chi connectivity index (χ3n) is 3.31. The van der Waals surface area contributed by atoms with Gasteiger partial charge in [0.1, 0.15) is 6.54 Å². The van der Waals surface area contributed by atoms with Gasteiger partial charge in [0.05, 0.1) is 6.10 Å². The van der Waals surface area contributed by atoms with Crippen LogP contribution in [0.25, 0.3) is 0 Å². The van der Waals surface area contributed by atoms with Gasteiger partial charge in [-0.2, -0.15) is 0 Å². The summed E-state index contributed by atoms with van der Waals surface area (Å²) in [4.78, 5) is 27.8. The topological polar surface area (TPSA) is 99.2 Å². The Balaban J connectivity index is 1.95. The van der Waals surface area contributed by atoms with Crippen LogP contribution in [-0.2, 0) is 22.5 Å². The van der Waals surface area contributed by atoms with Crippen LogP contribution in [0.4, 0.5) is 5.95 Å². The summed E-state index contributed by atoms with van der Waals surface area (Å²) in [5.74, 6) is -0.193. The maximum absolute atomic E-state index is 11.9. The van der Waals surface area contributed by atoms with Gasteiger partial charge in [-0.15, -0.1) is 0 Å². The predicted octanol–water partition coefficient (Wildman–Crippen LogP) is -0.317. The van der Waals surface area contributed by atoms with Gasteiger partial charge in [-0.05, 0) is 19.3 Å². The van der Waals surface area contributed by atoms with Gasteiger partial charge < -0.3 is 15.8 Å². The number of anilines is 1. The van der Waals surface area contributed by atoms with E-state index in [1.807, 2.05) is 6.92 Å². The van der Waals surface area contributed by atoms with Gasteiger partial charge in [0, 0.05) is 24.9 Å². The normalized spacial score (nSPS) is 18.1. The van der Waals surface area contributed by atoms with E-state index in [-0.39, 0.29) is 30.1 Å². The number of amides is 1. The van der Waals surface area contributed by atoms with E-state index in [1.165, 1.54) is 10.6 Å². The number of carbonyl (C=O) groups is 1. The van der Waals surface area contributed by atoms with Crippen LogP contribution in [0.1, 0.15) is 25.5 Å². The third-order valence-corrected chi connectivity index (χ3v) is 3.31. The number of ether oxygens (including phenoxy) is 1. The van der Waals surface area contributed by atoms with Crippen molar-refractivity contribution in [3.63, 3.8) is 0 Å². The van der Waals surface area contributed by atoms with Crippen molar-refractivity contribution in [2.75, 3.05) is 18.9 Å². The van der Waals surface area contributed by atoms with Crippen LogP contribution in [0.15, 0.2) is 10.9 Å². The first kappa shape index (κ1) is 14.5. The Labute approximate surface area is 117 Å². The number of nitrogens with zero attached hydrogens (tertiary/aromatic N) is 2. The zero-order valence-corrected chi connectivity index (χ0v) is 11.6. The Morgan fingerprint density at radius 2 is 2.45 bits per heavy atom. The van der Waals surface area contributed by atoms with Crippen molar-refractivity contribution in [1.29, 1.82) is 0 Å². The molecular weight excluding hydrogens is 260 g/mol. The molecule has 3 N–H and O–H groups in total. The molecule has 0 unspecified atom stereocenters. The number of nitrogens with one attached hydrogen (secondary N) is 1. The lowest BCUT2D eigenvalue weighted by molar-refractivity contribution is -0.122. The highest BCUT2D eigenvalue weighted by Crippen LogP contribution is 2.10. The zero-order valence-electron chi connectivity index (χ0n) is 11.6. The van der Waals surface area contributed by atoms with Crippen LogP contribution in [0, 0.1) is 0 Å². The molecule has 1 saturated heterocycles. The molecule has 7 heteroatoms. The molecule has 110 valence electrons. The van der Waals surface area contributed by atoms with Crippen molar-refractivity contribution in [3.8, 4) is 0 Å². The lowest BCUT2D eigenvalue weighted by Crippen LogP contribution is -2.37. The molecular formula is C13H20N4O3. The Kier molecular flexibility index (Phi) is 4.73. The van der Waals surface area contributed by atoms with E-state index in [1.54, 1.807) is 0 Å². The highest BCUT2D eigenvalue weighted by atomic mass is 16.5. The lowest BCUT2D eigenvalue weighted by atomic mass is 10.2. The van der Waals surface area contributed by atoms with Crippen LogP contribution in [0.5, 0.6) is 0 Å². The van der Waals surface area contributed by atoms with Gasteiger partial charge in [-0.25, -0.2) is 4.98 Å². The van der Waals surface area contributed by atoms with Gasteiger partial charge in [-0.3, -0.25) is 14.2 Å². The molecule has 1 aliphatic heterocycles. The summed E-state index contributed by atoms with van der Waals surface area (Å²) in [6.45, 7) is 2.98. The Bertz CT molecular complexity index is 535. The maximum Gasteiger partial charge on any atom is 0.255 e. The molecule has 0 spiro atoms. The van der Waals surface area contributed by atoms with E-state index in [0.29, 0.717) is 18.7 Å². The van der Waals surface area contributed by atoms with Crippen LogP contribution in [0.2, 0.25) is 0 Å². The average molecular weight is 280 g/mol. The highest BCUT2D eigenvalue weighted by Gasteiger charge is 2.17. The molecule has 1 amide bonds. The Morgan fingerprint density at radius 1 is 1.65 bits per heavy atom. The summed E-state index contributed by atoms with van der Waals surface area (Å²) in [5, 5.41) is 2.75. The smallest absolute Gasteiger partial charge is 0.255 e. The van der Waals surface area contributed by atoms with E-state index in [4.69, 9.17) is 10.5 Å². The number of carbonyl (C=O) groups excluding carboxylic acids is 1. The molecule has 2 rings (SSSR count). The molecule has 1 aromatic heterocycles. The fourth-order valence-corrected chi connectivity index (χ4v) is 2.15. The summed E-state index contributed by atoms with van der Waals surface area (Å²) in [7, 11) is 0. The molecule has 1 fully saturated rings. The number of hydrogen-bond donors (Lipinski definition) is 2. The van der Waals surface area contributed by atoms with Crippen LogP contribution in [-0.4, -0.2) is 34.7 Å². The average Bonchev–Trinajstić information content (AvgIpc) is 2.93. The van der Waals surface area contributed by atoms with E-state index in [0.717, 1.165) is 19.4 Å². The van der Waals surface area contributed by atoms with Crippen molar-refractivity contribution in [3.05, 3.63) is 22.1 Å². The maximum atomic E-state index is 11.9. The number of aromatic nitrogens is 2. The quantitative estimate of drug-likeness (QED) is 0.770. The highest BCUT2D eigenvalue weighted by molar-refractivity contribution is 5.76. The summed E-state index contributed by atoms with van der Waals surface area (Å²) < 4.78 is 6.58. The monoisotopic (exact) mass is 280 g/mol. The van der Waals surface area contributed by atoms with E-state index >= 15 is 0 Å². The number of aryl methyl sites for hydroxylation is 1. The second-order valence-corrected chi connectivity index (χ2v) is 4.82. The first-order valence-electron chi connectivity index (χ1n) is 6.84. The predicted molar refractivity (Wildman–Crippen MR) is 74.3 cm³/mol. The Morgan fingerprint density at radius 3 is 3.05 bits per heavy atom. The molecule has 1 atom stereocenters. The van der Waals surface area contributed by atoms with E-state index in [9.17, 15) is 9.59 Å². The van der Waals surface area contributed by atoms with Crippen LogP contribution >= 0.6 is 0 Å². The van der Waals surface area contributed by atoms with Crippen molar-refractivity contribution in [2.24, 2.45) is 0 Å². The summed E-state index contributed by atoms with van der Waals surface area (Å²) in [6.07, 6.45) is 2.68. The molecule has 20 heavy (non-hydrogen) atoms. The fourth-order valence-electron chi connectivity index (χ4n) is 2.15. The molecule has 7 nitrogen and oxygen atoms in total. The van der Waals surface area contributed by atoms with Crippen LogP contribution < -0.4 is 16.6 Å². The standard InChI is InChI=1S/C13H20N4O3/c1-2-9-6-12(19)17(13(14)16-9)8-11(18)15-7-10-4-3-5-20-10/h6,10H,2-5,7-8H2,1H3,(H2,14,16)(H,15,18)/t10-/m1/s1. The molecule has 1 aromatic rings. The molecule has 0 aromatic carbocycles. The molecule has 0 radical (unpaired) electrons. The Hall–Kier alpha value is -1.89. The van der Waals surface area contributed by atoms with Crippen molar-refractivity contribution >= 4 is 11.9 Å². The molecule has 2 heterocycles. The first-order valence-corrected chi connectivity index (χ1v) is 6.84. The van der Waals surface area contributed by atoms with Gasteiger partial charge >= 0.3 is 0 Å². The van der Waals surface area contributed by atoms with E-state index < -0.39 is 0 Å². The van der Waals surface area contributed by atoms with Crippen molar-refractivity contribution in [1.82, 2.24) is 14.9 Å². The number of rotatable bonds is 5. The first-order chi connectivity index (χ1) is 9.60. The van der Waals surface area contributed by atoms with Gasteiger partial charge in [-0.1, -0.05) is 6.92 Å². The van der Waals surface area contributed by atoms with Crippen LogP contribution in [0.3, 0.4) is 0 Å². The molecule has 0 saturated carbocycles. The lowest BCUT2D eigenvalue weighted by Gasteiger charge is -2.12. The number of nitrogens with two attached hydrogens (primary N) is 1. The summed E-state index contributed by atoms with van der Waals surface area (Å²) in [6, 6.07) is 1.41. The van der Waals surface area contributed by atoms with Crippen molar-refractivity contribution in [2.45, 2.75) is 38.8 Å². The fraction of sp³-hybridized carbons (Fsp3) is 0.615. The second kappa shape index (κ2) is 6.51. The van der Waals surface area contributed by atoms with Gasteiger partial charge in [0.2, 0.25) is 11.9 Å². The summed E-state index contributed by atoms with van der Waals surface area (Å²) >= 11 is 0. The second-order valence-electron chi connectivity index (χ2n) is 4.82. The zero-order chi connectivity index (χ0) is 14.5. The summed E-state index contributed by atoms with van der Waals surface area (Å²) in [5.41, 5.74) is 6.04. The largest absolute Gasteiger partial charge is 0.376 e.